The van der Waals surface area contributed by atoms with E-state index in [4.69, 9.17) is 0 Å². The zero-order valence-electron chi connectivity index (χ0n) is 11.1. The van der Waals surface area contributed by atoms with E-state index in [1.54, 1.807) is 0 Å². The lowest BCUT2D eigenvalue weighted by atomic mass is 9.68. The van der Waals surface area contributed by atoms with Gasteiger partial charge in [0.1, 0.15) is 0 Å². The Bertz CT molecular complexity index is 282. The van der Waals surface area contributed by atoms with E-state index in [1.165, 1.54) is 19.3 Å². The lowest BCUT2D eigenvalue weighted by Gasteiger charge is -2.36. The largest absolute Gasteiger partial charge is 0.481 e. The van der Waals surface area contributed by atoms with Crippen molar-refractivity contribution in [1.82, 2.24) is 4.90 Å². The molecule has 0 unspecified atom stereocenters. The highest BCUT2D eigenvalue weighted by Crippen LogP contribution is 2.47. The molecule has 98 valence electrons. The minimum absolute atomic E-state index is 0.0962. The molecule has 1 atom stereocenters. The molecule has 1 saturated heterocycles. The first-order valence-electron chi connectivity index (χ1n) is 6.99. The molecule has 0 bridgehead atoms. The third-order valence-electron chi connectivity index (χ3n) is 4.49. The molecule has 3 heteroatoms. The minimum atomic E-state index is -0.571. The topological polar surface area (TPSA) is 40.5 Å². The second kappa shape index (κ2) is 4.97. The molecule has 0 aromatic heterocycles. The Hall–Kier alpha value is -0.570. The van der Waals surface area contributed by atoms with Crippen molar-refractivity contribution in [1.29, 1.82) is 0 Å². The molecule has 1 heterocycles. The van der Waals surface area contributed by atoms with E-state index in [1.807, 2.05) is 0 Å². The fourth-order valence-corrected chi connectivity index (χ4v) is 3.83. The van der Waals surface area contributed by atoms with Gasteiger partial charge in [0, 0.05) is 19.6 Å². The summed E-state index contributed by atoms with van der Waals surface area (Å²) in [6.45, 7) is 7.25. The van der Waals surface area contributed by atoms with Gasteiger partial charge in [0.25, 0.3) is 0 Å². The standard InChI is InChI=1S/C14H25NO2/c1-11(2)8-15-9-12(13(16)17)14(10-15)6-4-3-5-7-14/h11-12H,3-10H2,1-2H3,(H,16,17)/t12-/m1/s1. The molecule has 1 saturated carbocycles. The van der Waals surface area contributed by atoms with Crippen LogP contribution in [0.4, 0.5) is 0 Å². The van der Waals surface area contributed by atoms with E-state index in [0.717, 1.165) is 32.5 Å². The van der Waals surface area contributed by atoms with Crippen LogP contribution in [0.25, 0.3) is 0 Å². The van der Waals surface area contributed by atoms with Crippen LogP contribution in [0.2, 0.25) is 0 Å². The molecule has 1 aliphatic carbocycles. The van der Waals surface area contributed by atoms with Gasteiger partial charge in [0.15, 0.2) is 0 Å². The summed E-state index contributed by atoms with van der Waals surface area (Å²) in [4.78, 5) is 13.9. The van der Waals surface area contributed by atoms with Gasteiger partial charge in [-0.3, -0.25) is 4.79 Å². The molecule has 0 amide bonds. The monoisotopic (exact) mass is 239 g/mol. The Labute approximate surface area is 104 Å². The van der Waals surface area contributed by atoms with Crippen molar-refractivity contribution in [2.45, 2.75) is 46.0 Å². The van der Waals surface area contributed by atoms with Gasteiger partial charge in [-0.2, -0.15) is 0 Å². The van der Waals surface area contributed by atoms with Crippen molar-refractivity contribution < 1.29 is 9.90 Å². The maximum atomic E-state index is 11.5. The van der Waals surface area contributed by atoms with Crippen LogP contribution in [-0.2, 0) is 4.79 Å². The number of carboxylic acids is 1. The van der Waals surface area contributed by atoms with Gasteiger partial charge in [0.2, 0.25) is 0 Å². The summed E-state index contributed by atoms with van der Waals surface area (Å²) in [6.07, 6.45) is 5.98. The molecule has 1 N–H and O–H groups in total. The Kier molecular flexibility index (Phi) is 3.76. The van der Waals surface area contributed by atoms with Crippen molar-refractivity contribution in [3.05, 3.63) is 0 Å². The molecule has 0 aromatic carbocycles. The third-order valence-corrected chi connectivity index (χ3v) is 4.49. The quantitative estimate of drug-likeness (QED) is 0.823. The predicted molar refractivity (Wildman–Crippen MR) is 67.9 cm³/mol. The van der Waals surface area contributed by atoms with E-state index in [9.17, 15) is 9.90 Å². The van der Waals surface area contributed by atoms with E-state index >= 15 is 0 Å². The van der Waals surface area contributed by atoms with Crippen LogP contribution in [0, 0.1) is 17.3 Å². The van der Waals surface area contributed by atoms with E-state index in [0.29, 0.717) is 5.92 Å². The lowest BCUT2D eigenvalue weighted by Crippen LogP contribution is -2.36. The van der Waals surface area contributed by atoms with Crippen LogP contribution >= 0.6 is 0 Å². The molecule has 1 spiro atoms. The highest BCUT2D eigenvalue weighted by Gasteiger charge is 2.50. The number of likely N-dealkylation sites (tertiary alicyclic amines) is 1. The molecule has 0 radical (unpaired) electrons. The zero-order valence-corrected chi connectivity index (χ0v) is 11.1. The molecule has 3 nitrogen and oxygen atoms in total. The van der Waals surface area contributed by atoms with Gasteiger partial charge in [-0.25, -0.2) is 0 Å². The van der Waals surface area contributed by atoms with Crippen molar-refractivity contribution in [2.75, 3.05) is 19.6 Å². The first-order chi connectivity index (χ1) is 8.03. The zero-order chi connectivity index (χ0) is 12.5. The van der Waals surface area contributed by atoms with E-state index in [-0.39, 0.29) is 11.3 Å². The van der Waals surface area contributed by atoms with Gasteiger partial charge < -0.3 is 10.0 Å². The molecule has 1 aliphatic heterocycles. The number of carboxylic acid groups (broad SMARTS) is 1. The Morgan fingerprint density at radius 1 is 1.35 bits per heavy atom. The molecule has 2 rings (SSSR count). The Morgan fingerprint density at radius 2 is 2.00 bits per heavy atom. The summed E-state index contributed by atoms with van der Waals surface area (Å²) in [5.74, 6) is -0.0668. The first kappa shape index (κ1) is 12.9. The minimum Gasteiger partial charge on any atom is -0.481 e. The van der Waals surface area contributed by atoms with Gasteiger partial charge in [0.05, 0.1) is 5.92 Å². The summed E-state index contributed by atoms with van der Waals surface area (Å²) in [5, 5.41) is 9.46. The SMILES string of the molecule is CC(C)CN1C[C@H](C(=O)O)C2(CCCCC2)C1. The van der Waals surface area contributed by atoms with Crippen LogP contribution in [0.15, 0.2) is 0 Å². The maximum Gasteiger partial charge on any atom is 0.308 e. The Morgan fingerprint density at radius 3 is 2.53 bits per heavy atom. The van der Waals surface area contributed by atoms with Crippen LogP contribution in [0.3, 0.4) is 0 Å². The number of nitrogens with zero attached hydrogens (tertiary/aromatic N) is 1. The summed E-state index contributed by atoms with van der Waals surface area (Å²) in [6, 6.07) is 0. The molecule has 2 fully saturated rings. The van der Waals surface area contributed by atoms with Crippen molar-refractivity contribution in [3.63, 3.8) is 0 Å². The predicted octanol–water partition coefficient (Wildman–Crippen LogP) is 2.61. The normalized spacial score (nSPS) is 29.0. The van der Waals surface area contributed by atoms with Gasteiger partial charge >= 0.3 is 5.97 Å². The number of hydrogen-bond donors (Lipinski definition) is 1. The van der Waals surface area contributed by atoms with E-state index < -0.39 is 5.97 Å². The van der Waals surface area contributed by atoms with Gasteiger partial charge in [-0.15, -0.1) is 0 Å². The summed E-state index contributed by atoms with van der Waals surface area (Å²) in [7, 11) is 0. The highest BCUT2D eigenvalue weighted by molar-refractivity contribution is 5.72. The highest BCUT2D eigenvalue weighted by atomic mass is 16.4. The third kappa shape index (κ3) is 2.65. The molecular weight excluding hydrogens is 214 g/mol. The average molecular weight is 239 g/mol. The number of carbonyl (C=O) groups is 1. The fourth-order valence-electron chi connectivity index (χ4n) is 3.83. The molecule has 2 aliphatic rings. The molecule has 17 heavy (non-hydrogen) atoms. The Balaban J connectivity index is 2.09. The van der Waals surface area contributed by atoms with Gasteiger partial charge in [-0.1, -0.05) is 33.1 Å². The average Bonchev–Trinajstić information content (AvgIpc) is 2.57. The van der Waals surface area contributed by atoms with Crippen LogP contribution in [0.5, 0.6) is 0 Å². The van der Waals surface area contributed by atoms with Gasteiger partial charge in [-0.05, 0) is 24.2 Å². The second-order valence-electron chi connectivity index (χ2n) is 6.40. The van der Waals surface area contributed by atoms with Crippen molar-refractivity contribution >= 4 is 5.97 Å². The first-order valence-corrected chi connectivity index (χ1v) is 6.99. The van der Waals surface area contributed by atoms with Crippen LogP contribution in [-0.4, -0.2) is 35.6 Å². The molecular formula is C14H25NO2. The second-order valence-corrected chi connectivity index (χ2v) is 6.40. The summed E-state index contributed by atoms with van der Waals surface area (Å²) in [5.41, 5.74) is 0.0962. The van der Waals surface area contributed by atoms with Crippen LogP contribution in [0.1, 0.15) is 46.0 Å². The number of aliphatic carboxylic acids is 1. The number of rotatable bonds is 3. The lowest BCUT2D eigenvalue weighted by molar-refractivity contribution is -0.145. The molecule has 0 aromatic rings. The summed E-state index contributed by atoms with van der Waals surface area (Å²) >= 11 is 0. The van der Waals surface area contributed by atoms with Crippen LogP contribution < -0.4 is 0 Å². The van der Waals surface area contributed by atoms with Crippen molar-refractivity contribution in [2.24, 2.45) is 17.3 Å². The summed E-state index contributed by atoms with van der Waals surface area (Å²) < 4.78 is 0. The fraction of sp³-hybridized carbons (Fsp3) is 0.929. The maximum absolute atomic E-state index is 11.5. The number of hydrogen-bond acceptors (Lipinski definition) is 2. The smallest absolute Gasteiger partial charge is 0.308 e. The van der Waals surface area contributed by atoms with E-state index in [2.05, 4.69) is 18.7 Å². The van der Waals surface area contributed by atoms with Crippen molar-refractivity contribution in [3.8, 4) is 0 Å².